The standard InChI is InChI=1S/C27H30N6O4/c1-27(2,37)22(34)16-33-21-13-5-4-11-19(21)23(20-12-6-7-14-29-20)31-24(25(33)35)32-26(36)30-18-10-8-9-17(15-18)28-3/h4-15,23-24,28,31,37H,16H2,1-3H3,(H2,30,32,36). The number of benzene rings is 2. The van der Waals surface area contributed by atoms with Crippen molar-refractivity contribution in [2.75, 3.05) is 29.1 Å². The van der Waals surface area contributed by atoms with E-state index in [-0.39, 0.29) is 6.54 Å². The van der Waals surface area contributed by atoms with Crippen LogP contribution in [0.15, 0.2) is 72.9 Å². The quantitative estimate of drug-likeness (QED) is 0.335. The molecule has 0 fully saturated rings. The third-order valence-corrected chi connectivity index (χ3v) is 6.04. The van der Waals surface area contributed by atoms with Crippen LogP contribution in [0.1, 0.15) is 31.1 Å². The fraction of sp³-hybridized carbons (Fsp3) is 0.259. The van der Waals surface area contributed by atoms with Gasteiger partial charge in [0.25, 0.3) is 5.91 Å². The van der Waals surface area contributed by atoms with Gasteiger partial charge >= 0.3 is 6.03 Å². The molecule has 10 nitrogen and oxygen atoms in total. The van der Waals surface area contributed by atoms with Crippen molar-refractivity contribution in [1.82, 2.24) is 15.6 Å². The van der Waals surface area contributed by atoms with Crippen LogP contribution >= 0.6 is 0 Å². The number of pyridine rings is 1. The second kappa shape index (κ2) is 10.8. The Balaban J connectivity index is 1.70. The summed E-state index contributed by atoms with van der Waals surface area (Å²) in [5.41, 5.74) is 1.51. The summed E-state index contributed by atoms with van der Waals surface area (Å²) in [7, 11) is 1.77. The normalized spacial score (nSPS) is 17.4. The van der Waals surface area contributed by atoms with Crippen LogP contribution in [-0.4, -0.2) is 53.2 Å². The van der Waals surface area contributed by atoms with Crippen LogP contribution in [0, 0.1) is 0 Å². The molecular formula is C27H30N6O4. The second-order valence-electron chi connectivity index (χ2n) is 9.18. The molecule has 3 amide bonds. The molecule has 0 radical (unpaired) electrons. The van der Waals surface area contributed by atoms with Crippen LogP contribution in [0.5, 0.6) is 0 Å². The van der Waals surface area contributed by atoms with E-state index >= 15 is 0 Å². The van der Waals surface area contributed by atoms with E-state index in [1.807, 2.05) is 30.3 Å². The predicted molar refractivity (Wildman–Crippen MR) is 141 cm³/mol. The number of aliphatic hydroxyl groups is 1. The van der Waals surface area contributed by atoms with Crippen molar-refractivity contribution in [3.05, 3.63) is 84.2 Å². The fourth-order valence-corrected chi connectivity index (χ4v) is 4.03. The maximum atomic E-state index is 13.8. The average Bonchev–Trinajstić information content (AvgIpc) is 2.99. The molecule has 192 valence electrons. The highest BCUT2D eigenvalue weighted by atomic mass is 16.3. The summed E-state index contributed by atoms with van der Waals surface area (Å²) in [6, 6.07) is 18.5. The first kappa shape index (κ1) is 25.8. The maximum absolute atomic E-state index is 13.8. The van der Waals surface area contributed by atoms with Crippen LogP contribution in [0.2, 0.25) is 0 Å². The van der Waals surface area contributed by atoms with E-state index in [0.717, 1.165) is 5.69 Å². The summed E-state index contributed by atoms with van der Waals surface area (Å²) >= 11 is 0. The minimum atomic E-state index is -1.64. The number of Topliss-reactive ketones (excluding diaryl/α,β-unsaturated/α-hetero) is 1. The van der Waals surface area contributed by atoms with Crippen molar-refractivity contribution in [3.8, 4) is 0 Å². The number of rotatable bonds is 7. The summed E-state index contributed by atoms with van der Waals surface area (Å²) in [6.45, 7) is 2.38. The summed E-state index contributed by atoms with van der Waals surface area (Å²) in [4.78, 5) is 45.3. The molecular weight excluding hydrogens is 472 g/mol. The molecule has 2 atom stereocenters. The number of hydrogen-bond acceptors (Lipinski definition) is 7. The van der Waals surface area contributed by atoms with E-state index in [4.69, 9.17) is 0 Å². The Hall–Kier alpha value is -4.28. The third kappa shape index (κ3) is 5.93. The molecule has 4 rings (SSSR count). The van der Waals surface area contributed by atoms with E-state index in [9.17, 15) is 19.5 Å². The van der Waals surface area contributed by atoms with Crippen molar-refractivity contribution < 1.29 is 19.5 Å². The zero-order chi connectivity index (χ0) is 26.6. The van der Waals surface area contributed by atoms with E-state index < -0.39 is 35.5 Å². The lowest BCUT2D eigenvalue weighted by Crippen LogP contribution is -2.57. The van der Waals surface area contributed by atoms with Gasteiger partial charge in [0.15, 0.2) is 11.9 Å². The van der Waals surface area contributed by atoms with Crippen molar-refractivity contribution >= 4 is 34.8 Å². The van der Waals surface area contributed by atoms with E-state index in [1.165, 1.54) is 18.7 Å². The Kier molecular flexibility index (Phi) is 7.51. The first-order valence-corrected chi connectivity index (χ1v) is 11.9. The number of para-hydroxylation sites is 1. The van der Waals surface area contributed by atoms with Gasteiger partial charge in [0, 0.05) is 30.3 Å². The third-order valence-electron chi connectivity index (χ3n) is 6.04. The monoisotopic (exact) mass is 502 g/mol. The van der Waals surface area contributed by atoms with Crippen LogP contribution in [0.4, 0.5) is 21.9 Å². The Morgan fingerprint density at radius 3 is 2.49 bits per heavy atom. The number of carbonyl (C=O) groups excluding carboxylic acids is 3. The molecule has 0 bridgehead atoms. The lowest BCUT2D eigenvalue weighted by Gasteiger charge is -2.27. The summed E-state index contributed by atoms with van der Waals surface area (Å²) in [5, 5.41) is 21.9. The molecule has 5 N–H and O–H groups in total. The lowest BCUT2D eigenvalue weighted by atomic mass is 9.99. The molecule has 2 heterocycles. The minimum Gasteiger partial charge on any atom is -0.388 e. The number of fused-ring (bicyclic) bond motifs is 1. The van der Waals surface area contributed by atoms with E-state index in [2.05, 4.69) is 26.3 Å². The SMILES string of the molecule is CNc1cccc(NC(=O)NC2NC(c3ccccn3)c3ccccc3N(CC(=O)C(C)(C)O)C2=O)c1. The Morgan fingerprint density at radius 1 is 1.05 bits per heavy atom. The highest BCUT2D eigenvalue weighted by Gasteiger charge is 2.38. The smallest absolute Gasteiger partial charge is 0.320 e. The minimum absolute atomic E-state index is 0.375. The van der Waals surface area contributed by atoms with Crippen molar-refractivity contribution in [2.45, 2.75) is 31.7 Å². The zero-order valence-corrected chi connectivity index (χ0v) is 20.9. The Bertz CT molecular complexity index is 1290. The van der Waals surface area contributed by atoms with Crippen LogP contribution in [0.3, 0.4) is 0 Å². The highest BCUT2D eigenvalue weighted by molar-refractivity contribution is 6.06. The van der Waals surface area contributed by atoms with Gasteiger partial charge in [-0.25, -0.2) is 4.79 Å². The summed E-state index contributed by atoms with van der Waals surface area (Å²) < 4.78 is 0. The van der Waals surface area contributed by atoms with Crippen molar-refractivity contribution in [3.63, 3.8) is 0 Å². The largest absolute Gasteiger partial charge is 0.388 e. The molecule has 2 aromatic carbocycles. The molecule has 3 aromatic rings. The van der Waals surface area contributed by atoms with Gasteiger partial charge in [0.1, 0.15) is 5.60 Å². The van der Waals surface area contributed by atoms with Gasteiger partial charge < -0.3 is 26.0 Å². The van der Waals surface area contributed by atoms with Crippen molar-refractivity contribution in [2.24, 2.45) is 0 Å². The first-order chi connectivity index (χ1) is 17.7. The maximum Gasteiger partial charge on any atom is 0.320 e. The molecule has 0 saturated heterocycles. The van der Waals surface area contributed by atoms with Crippen molar-refractivity contribution in [1.29, 1.82) is 0 Å². The number of hydrogen-bond donors (Lipinski definition) is 5. The van der Waals surface area contributed by atoms with Crippen LogP contribution < -0.4 is 26.2 Å². The van der Waals surface area contributed by atoms with E-state index in [0.29, 0.717) is 22.6 Å². The van der Waals surface area contributed by atoms with Gasteiger partial charge in [0.05, 0.1) is 18.3 Å². The number of urea groups is 1. The molecule has 0 aliphatic carbocycles. The lowest BCUT2D eigenvalue weighted by molar-refractivity contribution is -0.134. The summed E-state index contributed by atoms with van der Waals surface area (Å²) in [5.74, 6) is -1.10. The molecule has 1 aliphatic heterocycles. The number of carbonyl (C=O) groups is 3. The summed E-state index contributed by atoms with van der Waals surface area (Å²) in [6.07, 6.45) is 0.438. The second-order valence-corrected chi connectivity index (χ2v) is 9.18. The fourth-order valence-electron chi connectivity index (χ4n) is 4.03. The number of anilines is 3. The molecule has 37 heavy (non-hydrogen) atoms. The number of amides is 3. The predicted octanol–water partition coefficient (Wildman–Crippen LogP) is 2.64. The Labute approximate surface area is 215 Å². The number of nitrogens with zero attached hydrogens (tertiary/aromatic N) is 2. The van der Waals surface area contributed by atoms with Gasteiger partial charge in [0.2, 0.25) is 0 Å². The van der Waals surface area contributed by atoms with Gasteiger partial charge in [-0.05, 0) is 55.8 Å². The number of aromatic nitrogens is 1. The topological polar surface area (TPSA) is 136 Å². The first-order valence-electron chi connectivity index (χ1n) is 11.9. The number of ketones is 1. The molecule has 1 aromatic heterocycles. The van der Waals surface area contributed by atoms with Gasteiger partial charge in [-0.2, -0.15) is 0 Å². The highest BCUT2D eigenvalue weighted by Crippen LogP contribution is 2.33. The number of nitrogens with one attached hydrogen (secondary N) is 4. The van der Waals surface area contributed by atoms with Crippen LogP contribution in [-0.2, 0) is 9.59 Å². The molecule has 1 aliphatic rings. The molecule has 10 heteroatoms. The zero-order valence-electron chi connectivity index (χ0n) is 20.9. The molecule has 2 unspecified atom stereocenters. The average molecular weight is 503 g/mol. The van der Waals surface area contributed by atoms with Crippen LogP contribution in [0.25, 0.3) is 0 Å². The van der Waals surface area contributed by atoms with E-state index in [1.54, 1.807) is 49.6 Å². The van der Waals surface area contributed by atoms with Gasteiger partial charge in [-0.15, -0.1) is 0 Å². The van der Waals surface area contributed by atoms with Gasteiger partial charge in [-0.3, -0.25) is 19.9 Å². The molecule has 0 spiro atoms. The molecule has 0 saturated carbocycles. The van der Waals surface area contributed by atoms with Gasteiger partial charge in [-0.1, -0.05) is 30.3 Å². The Morgan fingerprint density at radius 2 is 1.78 bits per heavy atom.